The molecule has 3 rings (SSSR count). The van der Waals surface area contributed by atoms with Crippen LogP contribution in [0.25, 0.3) is 0 Å². The van der Waals surface area contributed by atoms with E-state index in [-0.39, 0.29) is 0 Å². The molecule has 0 aromatic rings. The van der Waals surface area contributed by atoms with Gasteiger partial charge in [-0.2, -0.15) is 0 Å². The van der Waals surface area contributed by atoms with Gasteiger partial charge in [-0.3, -0.25) is 0 Å². The lowest BCUT2D eigenvalue weighted by Crippen LogP contribution is -2.36. The topological polar surface area (TPSA) is 18.5 Å². The number of fused-ring (bicyclic) bond motifs is 1. The third-order valence-electron chi connectivity index (χ3n) is 2.40. The summed E-state index contributed by atoms with van der Waals surface area (Å²) in [6.07, 6.45) is 3.06. The van der Waals surface area contributed by atoms with Crippen LogP contribution in [0.3, 0.4) is 0 Å². The molecular formula is C7H12O2. The van der Waals surface area contributed by atoms with Gasteiger partial charge < -0.3 is 9.47 Å². The van der Waals surface area contributed by atoms with Crippen LogP contribution in [-0.4, -0.2) is 26.4 Å². The van der Waals surface area contributed by atoms with Gasteiger partial charge in [-0.25, -0.2) is 0 Å². The molecular weight excluding hydrogens is 116 g/mol. The zero-order chi connectivity index (χ0) is 6.32. The van der Waals surface area contributed by atoms with Gasteiger partial charge in [0.2, 0.25) is 0 Å². The molecule has 3 fully saturated rings. The van der Waals surface area contributed by atoms with Crippen molar-refractivity contribution >= 4 is 0 Å². The van der Waals surface area contributed by atoms with Crippen LogP contribution in [0.5, 0.6) is 0 Å². The minimum atomic E-state index is 0.444. The molecule has 0 amide bonds. The summed E-state index contributed by atoms with van der Waals surface area (Å²) in [5, 5.41) is 0. The van der Waals surface area contributed by atoms with Gasteiger partial charge in [-0.15, -0.1) is 0 Å². The summed E-state index contributed by atoms with van der Waals surface area (Å²) in [5.74, 6) is 0. The van der Waals surface area contributed by atoms with Crippen LogP contribution >= 0.6 is 0 Å². The van der Waals surface area contributed by atoms with Crippen LogP contribution in [0.1, 0.15) is 12.8 Å². The second kappa shape index (κ2) is 1.70. The average molecular weight is 128 g/mol. The molecule has 9 heavy (non-hydrogen) atoms. The monoisotopic (exact) mass is 128 g/mol. The largest absolute Gasteiger partial charge is 0.384 e. The maximum absolute atomic E-state index is 5.40. The van der Waals surface area contributed by atoms with Gasteiger partial charge in [-0.05, 0) is 12.8 Å². The Morgan fingerprint density at radius 3 is 2.89 bits per heavy atom. The minimum Gasteiger partial charge on any atom is -0.384 e. The second-order valence-corrected chi connectivity index (χ2v) is 3.27. The quantitative estimate of drug-likeness (QED) is 0.548. The molecule has 2 bridgehead atoms. The summed E-state index contributed by atoms with van der Waals surface area (Å²) >= 11 is 0. The molecule has 0 aromatic carbocycles. The first kappa shape index (κ1) is 5.69. The normalized spacial score (nSPS) is 47.0. The molecule has 0 unspecified atom stereocenters. The van der Waals surface area contributed by atoms with Crippen molar-refractivity contribution in [1.82, 2.24) is 0 Å². The van der Waals surface area contributed by atoms with Gasteiger partial charge in [0, 0.05) is 12.5 Å². The molecule has 0 aromatic heterocycles. The van der Waals surface area contributed by atoms with E-state index >= 15 is 0 Å². The number of rotatable bonds is 2. The van der Waals surface area contributed by atoms with E-state index in [2.05, 4.69) is 0 Å². The molecule has 2 heterocycles. The van der Waals surface area contributed by atoms with Crippen molar-refractivity contribution < 1.29 is 9.47 Å². The molecule has 1 saturated carbocycles. The van der Waals surface area contributed by atoms with E-state index < -0.39 is 0 Å². The van der Waals surface area contributed by atoms with Crippen LogP contribution in [0, 0.1) is 5.41 Å². The van der Waals surface area contributed by atoms with Gasteiger partial charge in [0.05, 0.1) is 19.3 Å². The molecule has 2 heteroatoms. The third kappa shape index (κ3) is 0.700. The molecule has 2 aliphatic heterocycles. The summed E-state index contributed by atoms with van der Waals surface area (Å²) < 4.78 is 10.5. The number of hydrogen-bond acceptors (Lipinski definition) is 2. The predicted molar refractivity (Wildman–Crippen MR) is 33.3 cm³/mol. The Morgan fingerprint density at radius 2 is 2.44 bits per heavy atom. The summed E-state index contributed by atoms with van der Waals surface area (Å²) in [6.45, 7) is 1.83. The Morgan fingerprint density at radius 1 is 1.67 bits per heavy atom. The van der Waals surface area contributed by atoms with Crippen LogP contribution in [0.15, 0.2) is 0 Å². The van der Waals surface area contributed by atoms with Gasteiger partial charge in [-0.1, -0.05) is 0 Å². The van der Waals surface area contributed by atoms with E-state index in [9.17, 15) is 0 Å². The van der Waals surface area contributed by atoms with E-state index in [0.29, 0.717) is 11.5 Å². The van der Waals surface area contributed by atoms with E-state index in [1.54, 1.807) is 7.11 Å². The Bertz CT molecular complexity index is 111. The van der Waals surface area contributed by atoms with Gasteiger partial charge >= 0.3 is 0 Å². The summed E-state index contributed by atoms with van der Waals surface area (Å²) in [5.41, 5.74) is 0.444. The minimum absolute atomic E-state index is 0.444. The molecule has 3 aliphatic rings. The van der Waals surface area contributed by atoms with Gasteiger partial charge in [0.1, 0.15) is 0 Å². The first-order valence-corrected chi connectivity index (χ1v) is 3.45. The van der Waals surface area contributed by atoms with Crippen molar-refractivity contribution in [3.05, 3.63) is 0 Å². The summed E-state index contributed by atoms with van der Waals surface area (Å²) in [6, 6.07) is 0. The SMILES string of the molecule is COCC12COC(C1)C2. The number of hydrogen-bond donors (Lipinski definition) is 0. The summed E-state index contributed by atoms with van der Waals surface area (Å²) in [7, 11) is 1.76. The smallest absolute Gasteiger partial charge is 0.0589 e. The highest BCUT2D eigenvalue weighted by atomic mass is 16.5. The molecule has 2 saturated heterocycles. The van der Waals surface area contributed by atoms with E-state index in [0.717, 1.165) is 13.2 Å². The van der Waals surface area contributed by atoms with Crippen LogP contribution in [0.4, 0.5) is 0 Å². The highest BCUT2D eigenvalue weighted by Crippen LogP contribution is 2.49. The Hall–Kier alpha value is -0.0800. The van der Waals surface area contributed by atoms with Crippen molar-refractivity contribution in [2.75, 3.05) is 20.3 Å². The highest BCUT2D eigenvalue weighted by molar-refractivity contribution is 5.00. The van der Waals surface area contributed by atoms with E-state index in [4.69, 9.17) is 9.47 Å². The van der Waals surface area contributed by atoms with Crippen LogP contribution < -0.4 is 0 Å². The lowest BCUT2D eigenvalue weighted by molar-refractivity contribution is 0.0458. The zero-order valence-electron chi connectivity index (χ0n) is 5.72. The van der Waals surface area contributed by atoms with Crippen molar-refractivity contribution in [2.24, 2.45) is 5.41 Å². The lowest BCUT2D eigenvalue weighted by Gasteiger charge is -2.34. The molecule has 0 N–H and O–H groups in total. The zero-order valence-corrected chi connectivity index (χ0v) is 5.72. The molecule has 52 valence electrons. The molecule has 0 spiro atoms. The van der Waals surface area contributed by atoms with E-state index in [1.165, 1.54) is 12.8 Å². The number of methoxy groups -OCH3 is 1. The Balaban J connectivity index is 1.95. The van der Waals surface area contributed by atoms with Crippen LogP contribution in [0.2, 0.25) is 0 Å². The van der Waals surface area contributed by atoms with Gasteiger partial charge in [0.25, 0.3) is 0 Å². The lowest BCUT2D eigenvalue weighted by atomic mass is 9.71. The van der Waals surface area contributed by atoms with Gasteiger partial charge in [0.15, 0.2) is 0 Å². The number of ether oxygens (including phenoxy) is 2. The molecule has 1 aliphatic carbocycles. The second-order valence-electron chi connectivity index (χ2n) is 3.27. The van der Waals surface area contributed by atoms with Crippen molar-refractivity contribution in [3.8, 4) is 0 Å². The maximum Gasteiger partial charge on any atom is 0.0589 e. The standard InChI is InChI=1S/C7H12O2/c1-8-4-7-2-6(3-7)9-5-7/h6H,2-5H2,1H3. The maximum atomic E-state index is 5.40. The Labute approximate surface area is 55.1 Å². The first-order valence-electron chi connectivity index (χ1n) is 3.45. The fourth-order valence-corrected chi connectivity index (χ4v) is 1.90. The van der Waals surface area contributed by atoms with Crippen LogP contribution in [-0.2, 0) is 9.47 Å². The first-order chi connectivity index (χ1) is 4.35. The van der Waals surface area contributed by atoms with Crippen molar-refractivity contribution in [1.29, 1.82) is 0 Å². The van der Waals surface area contributed by atoms with E-state index in [1.807, 2.05) is 0 Å². The molecule has 2 nitrogen and oxygen atoms in total. The van der Waals surface area contributed by atoms with Crippen molar-refractivity contribution in [2.45, 2.75) is 18.9 Å². The fraction of sp³-hybridized carbons (Fsp3) is 1.00. The highest BCUT2D eigenvalue weighted by Gasteiger charge is 2.51. The molecule has 0 atom stereocenters. The summed E-state index contributed by atoms with van der Waals surface area (Å²) in [4.78, 5) is 0. The third-order valence-corrected chi connectivity index (χ3v) is 2.40. The molecule has 0 radical (unpaired) electrons. The fourth-order valence-electron chi connectivity index (χ4n) is 1.90. The Kier molecular flexibility index (Phi) is 1.08. The average Bonchev–Trinajstić information content (AvgIpc) is 2.22. The van der Waals surface area contributed by atoms with Crippen molar-refractivity contribution in [3.63, 3.8) is 0 Å². The predicted octanol–water partition coefficient (Wildman–Crippen LogP) is 0.812.